The molecule has 1 saturated heterocycles. The third-order valence-corrected chi connectivity index (χ3v) is 2.14. The van der Waals surface area contributed by atoms with Crippen LogP contribution in [-0.2, 0) is 23.8 Å². The SMILES string of the molecule is CC(=O)OC[C@H]1C[C@H](OC(C)=O)C[C@@H](O)O1. The van der Waals surface area contributed by atoms with Gasteiger partial charge in [0.05, 0.1) is 6.10 Å². The first-order valence-corrected chi connectivity index (χ1v) is 5.11. The number of rotatable bonds is 3. The minimum atomic E-state index is -0.987. The normalized spacial score (nSPS) is 29.6. The molecule has 1 fully saturated rings. The molecule has 1 N–H and O–H groups in total. The van der Waals surface area contributed by atoms with Crippen molar-refractivity contribution in [3.05, 3.63) is 0 Å². The minimum absolute atomic E-state index is 0.0597. The number of carbonyl (C=O) groups is 2. The van der Waals surface area contributed by atoms with Crippen molar-refractivity contribution >= 4 is 11.9 Å². The Morgan fingerprint density at radius 1 is 1.31 bits per heavy atom. The van der Waals surface area contributed by atoms with Crippen LogP contribution in [-0.4, -0.2) is 42.1 Å². The fourth-order valence-corrected chi connectivity index (χ4v) is 1.60. The predicted molar refractivity (Wildman–Crippen MR) is 52.3 cm³/mol. The van der Waals surface area contributed by atoms with Crippen molar-refractivity contribution in [3.8, 4) is 0 Å². The smallest absolute Gasteiger partial charge is 0.302 e. The molecule has 16 heavy (non-hydrogen) atoms. The summed E-state index contributed by atoms with van der Waals surface area (Å²) >= 11 is 0. The fourth-order valence-electron chi connectivity index (χ4n) is 1.60. The maximum atomic E-state index is 10.8. The van der Waals surface area contributed by atoms with Gasteiger partial charge >= 0.3 is 11.9 Å². The highest BCUT2D eigenvalue weighted by Crippen LogP contribution is 2.21. The summed E-state index contributed by atoms with van der Waals surface area (Å²) in [4.78, 5) is 21.4. The molecule has 1 aliphatic rings. The summed E-state index contributed by atoms with van der Waals surface area (Å²) in [6.07, 6.45) is -1.14. The summed E-state index contributed by atoms with van der Waals surface area (Å²) in [7, 11) is 0. The molecule has 6 heteroatoms. The van der Waals surface area contributed by atoms with E-state index in [0.29, 0.717) is 6.42 Å². The second kappa shape index (κ2) is 5.81. The molecular formula is C10H16O6. The van der Waals surface area contributed by atoms with Gasteiger partial charge in [-0.15, -0.1) is 0 Å². The van der Waals surface area contributed by atoms with Crippen molar-refractivity contribution in [1.82, 2.24) is 0 Å². The molecule has 3 atom stereocenters. The quantitative estimate of drug-likeness (QED) is 0.688. The van der Waals surface area contributed by atoms with Gasteiger partial charge in [0.25, 0.3) is 0 Å². The van der Waals surface area contributed by atoms with Crippen LogP contribution in [0.15, 0.2) is 0 Å². The first kappa shape index (κ1) is 12.9. The molecule has 1 heterocycles. The molecule has 0 saturated carbocycles. The number of aliphatic hydroxyl groups is 1. The maximum Gasteiger partial charge on any atom is 0.302 e. The average Bonchev–Trinajstić information content (AvgIpc) is 2.12. The van der Waals surface area contributed by atoms with Gasteiger partial charge in [0.2, 0.25) is 0 Å². The van der Waals surface area contributed by atoms with Crippen LogP contribution in [0.1, 0.15) is 26.7 Å². The molecule has 0 bridgehead atoms. The molecule has 1 aliphatic heterocycles. The van der Waals surface area contributed by atoms with Crippen molar-refractivity contribution in [3.63, 3.8) is 0 Å². The Labute approximate surface area is 93.5 Å². The van der Waals surface area contributed by atoms with E-state index in [1.165, 1.54) is 13.8 Å². The van der Waals surface area contributed by atoms with E-state index in [9.17, 15) is 14.7 Å². The van der Waals surface area contributed by atoms with Crippen molar-refractivity contribution in [2.45, 2.75) is 45.2 Å². The van der Waals surface area contributed by atoms with Gasteiger partial charge in [-0.1, -0.05) is 0 Å². The number of carbonyl (C=O) groups excluding carboxylic acids is 2. The van der Waals surface area contributed by atoms with Gasteiger partial charge in [0, 0.05) is 26.7 Å². The third kappa shape index (κ3) is 4.59. The maximum absolute atomic E-state index is 10.8. The lowest BCUT2D eigenvalue weighted by molar-refractivity contribution is -0.210. The summed E-state index contributed by atoms with van der Waals surface area (Å²) in [5.74, 6) is -0.807. The molecule has 0 aromatic carbocycles. The first-order chi connectivity index (χ1) is 7.47. The predicted octanol–water partition coefficient (Wildman–Crippen LogP) is -0.0214. The number of ether oxygens (including phenoxy) is 3. The Morgan fingerprint density at radius 3 is 2.56 bits per heavy atom. The van der Waals surface area contributed by atoms with Gasteiger partial charge in [-0.25, -0.2) is 0 Å². The lowest BCUT2D eigenvalue weighted by atomic mass is 10.1. The summed E-state index contributed by atoms with van der Waals surface area (Å²) in [6, 6.07) is 0. The Balaban J connectivity index is 2.40. The highest BCUT2D eigenvalue weighted by Gasteiger charge is 2.30. The van der Waals surface area contributed by atoms with Crippen LogP contribution in [0.4, 0.5) is 0 Å². The van der Waals surface area contributed by atoms with Gasteiger partial charge in [0.15, 0.2) is 6.29 Å². The van der Waals surface area contributed by atoms with Crippen LogP contribution < -0.4 is 0 Å². The van der Waals surface area contributed by atoms with Gasteiger partial charge in [-0.2, -0.15) is 0 Å². The number of hydrogen-bond donors (Lipinski definition) is 1. The molecule has 0 aliphatic carbocycles. The van der Waals surface area contributed by atoms with Crippen LogP contribution in [0.5, 0.6) is 0 Å². The third-order valence-electron chi connectivity index (χ3n) is 2.14. The molecule has 6 nitrogen and oxygen atoms in total. The molecule has 0 spiro atoms. The number of esters is 2. The molecule has 0 radical (unpaired) electrons. The first-order valence-electron chi connectivity index (χ1n) is 5.11. The Hall–Kier alpha value is -1.14. The highest BCUT2D eigenvalue weighted by atomic mass is 16.6. The van der Waals surface area contributed by atoms with Gasteiger partial charge < -0.3 is 19.3 Å². The van der Waals surface area contributed by atoms with Crippen molar-refractivity contribution < 1.29 is 28.9 Å². The molecule has 0 amide bonds. The van der Waals surface area contributed by atoms with Crippen molar-refractivity contribution in [2.75, 3.05) is 6.61 Å². The summed E-state index contributed by atoms with van der Waals surface area (Å²) in [5, 5.41) is 9.37. The minimum Gasteiger partial charge on any atom is -0.463 e. The Kier molecular flexibility index (Phi) is 4.70. The number of aliphatic hydroxyl groups excluding tert-OH is 1. The van der Waals surface area contributed by atoms with Gasteiger partial charge in [-0.05, 0) is 0 Å². The molecular weight excluding hydrogens is 216 g/mol. The van der Waals surface area contributed by atoms with E-state index in [0.717, 1.165) is 0 Å². The Morgan fingerprint density at radius 2 is 2.00 bits per heavy atom. The average molecular weight is 232 g/mol. The molecule has 92 valence electrons. The lowest BCUT2D eigenvalue weighted by Gasteiger charge is -2.31. The zero-order valence-electron chi connectivity index (χ0n) is 9.34. The second-order valence-corrected chi connectivity index (χ2v) is 3.72. The highest BCUT2D eigenvalue weighted by molar-refractivity contribution is 5.66. The van der Waals surface area contributed by atoms with Crippen LogP contribution in [0.25, 0.3) is 0 Å². The molecule has 0 aromatic heterocycles. The van der Waals surface area contributed by atoms with E-state index >= 15 is 0 Å². The van der Waals surface area contributed by atoms with E-state index in [2.05, 4.69) is 0 Å². The van der Waals surface area contributed by atoms with E-state index in [-0.39, 0.29) is 19.1 Å². The summed E-state index contributed by atoms with van der Waals surface area (Å²) in [5.41, 5.74) is 0. The lowest BCUT2D eigenvalue weighted by Crippen LogP contribution is -2.40. The van der Waals surface area contributed by atoms with Crippen LogP contribution in [0.2, 0.25) is 0 Å². The largest absolute Gasteiger partial charge is 0.463 e. The second-order valence-electron chi connectivity index (χ2n) is 3.72. The summed E-state index contributed by atoms with van der Waals surface area (Å²) < 4.78 is 14.9. The number of hydrogen-bond acceptors (Lipinski definition) is 6. The monoisotopic (exact) mass is 232 g/mol. The zero-order valence-corrected chi connectivity index (χ0v) is 9.34. The molecule has 0 unspecified atom stereocenters. The van der Waals surface area contributed by atoms with E-state index in [1.54, 1.807) is 0 Å². The van der Waals surface area contributed by atoms with E-state index in [1.807, 2.05) is 0 Å². The topological polar surface area (TPSA) is 82.1 Å². The summed E-state index contributed by atoms with van der Waals surface area (Å²) in [6.45, 7) is 2.66. The van der Waals surface area contributed by atoms with Crippen LogP contribution in [0.3, 0.4) is 0 Å². The zero-order chi connectivity index (χ0) is 12.1. The van der Waals surface area contributed by atoms with Crippen LogP contribution in [0, 0.1) is 0 Å². The fraction of sp³-hybridized carbons (Fsp3) is 0.800. The molecule has 0 aromatic rings. The van der Waals surface area contributed by atoms with E-state index < -0.39 is 24.3 Å². The van der Waals surface area contributed by atoms with Crippen molar-refractivity contribution in [1.29, 1.82) is 0 Å². The van der Waals surface area contributed by atoms with E-state index in [4.69, 9.17) is 14.2 Å². The van der Waals surface area contributed by atoms with Gasteiger partial charge in [0.1, 0.15) is 12.7 Å². The van der Waals surface area contributed by atoms with Crippen molar-refractivity contribution in [2.24, 2.45) is 0 Å². The standard InChI is InChI=1S/C10H16O6/c1-6(11)14-5-9-3-8(15-7(2)12)4-10(13)16-9/h8-10,13H,3-5H2,1-2H3/t8-,9+,10-/m0/s1. The van der Waals surface area contributed by atoms with Gasteiger partial charge in [-0.3, -0.25) is 9.59 Å². The van der Waals surface area contributed by atoms with Crippen LogP contribution >= 0.6 is 0 Å². The molecule has 1 rings (SSSR count). The Bertz CT molecular complexity index is 264.